The molecule has 29 heavy (non-hydrogen) atoms. The van der Waals surface area contributed by atoms with Gasteiger partial charge in [0.15, 0.2) is 5.78 Å². The molecule has 152 valence electrons. The molecule has 2 aromatic rings. The number of hydrogen-bond donors (Lipinski definition) is 3. The van der Waals surface area contributed by atoms with E-state index in [0.717, 1.165) is 12.0 Å². The quantitative estimate of drug-likeness (QED) is 0.539. The number of urea groups is 1. The average molecular weight is 393 g/mol. The molecule has 2 atom stereocenters. The largest absolute Gasteiger partial charge is 0.337 e. The SMILES string of the molecule is CC(=O)c1ccc(NC(=O)NNC(=O)[C@@H]2C[C@@H]2c2ccc(C(C)(C)C)cc2)cc1. The summed E-state index contributed by atoms with van der Waals surface area (Å²) in [5.41, 5.74) is 8.46. The van der Waals surface area contributed by atoms with Gasteiger partial charge in [-0.05, 0) is 60.1 Å². The van der Waals surface area contributed by atoms with Crippen molar-refractivity contribution in [3.05, 3.63) is 65.2 Å². The fourth-order valence-electron chi connectivity index (χ4n) is 3.25. The molecule has 1 saturated carbocycles. The van der Waals surface area contributed by atoms with Gasteiger partial charge in [0, 0.05) is 17.2 Å². The molecule has 3 N–H and O–H groups in total. The molecule has 0 radical (unpaired) electrons. The Hall–Kier alpha value is -3.15. The Morgan fingerprint density at radius 1 is 0.897 bits per heavy atom. The van der Waals surface area contributed by atoms with E-state index in [2.05, 4.69) is 61.2 Å². The van der Waals surface area contributed by atoms with Crippen molar-refractivity contribution in [2.24, 2.45) is 5.92 Å². The topological polar surface area (TPSA) is 87.3 Å². The number of hydrogen-bond acceptors (Lipinski definition) is 3. The van der Waals surface area contributed by atoms with Crippen LogP contribution in [0.5, 0.6) is 0 Å². The summed E-state index contributed by atoms with van der Waals surface area (Å²) in [6, 6.07) is 14.4. The van der Waals surface area contributed by atoms with Crippen LogP contribution in [0.3, 0.4) is 0 Å². The molecule has 6 heteroatoms. The third-order valence-corrected chi connectivity index (χ3v) is 5.18. The monoisotopic (exact) mass is 393 g/mol. The van der Waals surface area contributed by atoms with Gasteiger partial charge in [0.05, 0.1) is 0 Å². The molecule has 6 nitrogen and oxygen atoms in total. The normalized spacial score (nSPS) is 17.9. The van der Waals surface area contributed by atoms with Gasteiger partial charge in [-0.15, -0.1) is 0 Å². The minimum atomic E-state index is -0.541. The fraction of sp³-hybridized carbons (Fsp3) is 0.348. The van der Waals surface area contributed by atoms with Crippen LogP contribution in [0.4, 0.5) is 10.5 Å². The number of rotatable bonds is 4. The number of nitrogens with one attached hydrogen (secondary N) is 3. The van der Waals surface area contributed by atoms with Crippen LogP contribution in [0.25, 0.3) is 0 Å². The summed E-state index contributed by atoms with van der Waals surface area (Å²) in [4.78, 5) is 35.5. The Bertz CT molecular complexity index is 912. The van der Waals surface area contributed by atoms with Crippen molar-refractivity contribution in [1.29, 1.82) is 0 Å². The second-order valence-electron chi connectivity index (χ2n) is 8.52. The first-order valence-electron chi connectivity index (χ1n) is 9.73. The van der Waals surface area contributed by atoms with Gasteiger partial charge in [-0.1, -0.05) is 45.0 Å². The van der Waals surface area contributed by atoms with Crippen molar-refractivity contribution in [2.45, 2.75) is 45.4 Å². The van der Waals surface area contributed by atoms with Gasteiger partial charge in [0.2, 0.25) is 5.91 Å². The van der Waals surface area contributed by atoms with Gasteiger partial charge in [0.25, 0.3) is 0 Å². The van der Waals surface area contributed by atoms with E-state index in [1.165, 1.54) is 12.5 Å². The number of hydrazine groups is 1. The third kappa shape index (κ3) is 5.22. The van der Waals surface area contributed by atoms with Crippen LogP contribution in [-0.4, -0.2) is 17.7 Å². The van der Waals surface area contributed by atoms with Crippen LogP contribution in [0.2, 0.25) is 0 Å². The van der Waals surface area contributed by atoms with Crippen molar-refractivity contribution in [3.63, 3.8) is 0 Å². The molecule has 0 bridgehead atoms. The molecule has 1 fully saturated rings. The first-order valence-corrected chi connectivity index (χ1v) is 9.73. The third-order valence-electron chi connectivity index (χ3n) is 5.18. The van der Waals surface area contributed by atoms with Crippen LogP contribution < -0.4 is 16.2 Å². The van der Waals surface area contributed by atoms with Gasteiger partial charge in [0.1, 0.15) is 0 Å². The molecule has 2 aromatic carbocycles. The van der Waals surface area contributed by atoms with Crippen LogP contribution in [0.15, 0.2) is 48.5 Å². The van der Waals surface area contributed by atoms with Crippen LogP contribution >= 0.6 is 0 Å². The zero-order chi connectivity index (χ0) is 21.2. The zero-order valence-corrected chi connectivity index (χ0v) is 17.2. The highest BCUT2D eigenvalue weighted by Gasteiger charge is 2.44. The van der Waals surface area contributed by atoms with Gasteiger partial charge >= 0.3 is 6.03 Å². The lowest BCUT2D eigenvalue weighted by Crippen LogP contribution is -2.44. The Balaban J connectivity index is 1.46. The first-order chi connectivity index (χ1) is 13.6. The van der Waals surface area contributed by atoms with Gasteiger partial charge in [-0.3, -0.25) is 15.0 Å². The fourth-order valence-corrected chi connectivity index (χ4v) is 3.25. The lowest BCUT2D eigenvalue weighted by Gasteiger charge is -2.19. The number of anilines is 1. The standard InChI is InChI=1S/C23H27N3O3/c1-14(27)15-7-11-18(12-8-15)24-22(29)26-25-21(28)20-13-19(20)16-5-9-17(10-6-16)23(2,3)4/h5-12,19-20H,13H2,1-4H3,(H,25,28)(H2,24,26,29)/t19-,20-/m1/s1. The summed E-state index contributed by atoms with van der Waals surface area (Å²) >= 11 is 0. The summed E-state index contributed by atoms with van der Waals surface area (Å²) in [7, 11) is 0. The molecule has 1 aliphatic carbocycles. The van der Waals surface area contributed by atoms with E-state index in [1.807, 2.05) is 0 Å². The molecule has 0 spiro atoms. The van der Waals surface area contributed by atoms with Gasteiger partial charge in [-0.2, -0.15) is 0 Å². The van der Waals surface area contributed by atoms with Crippen molar-refractivity contribution in [3.8, 4) is 0 Å². The molecule has 0 heterocycles. The predicted octanol–water partition coefficient (Wildman–Crippen LogP) is 4.14. The number of benzene rings is 2. The van der Waals surface area contributed by atoms with E-state index in [4.69, 9.17) is 0 Å². The lowest BCUT2D eigenvalue weighted by atomic mass is 9.86. The Morgan fingerprint density at radius 2 is 1.52 bits per heavy atom. The summed E-state index contributed by atoms with van der Waals surface area (Å²) in [5, 5.41) is 2.61. The molecule has 1 aliphatic rings. The lowest BCUT2D eigenvalue weighted by molar-refractivity contribution is -0.123. The number of Topliss-reactive ketones (excluding diaryl/α,β-unsaturated/α-hetero) is 1. The number of carbonyl (C=O) groups excluding carboxylic acids is 3. The highest BCUT2D eigenvalue weighted by Crippen LogP contribution is 2.47. The Morgan fingerprint density at radius 3 is 2.07 bits per heavy atom. The maximum absolute atomic E-state index is 12.3. The maximum Gasteiger partial charge on any atom is 0.337 e. The summed E-state index contributed by atoms with van der Waals surface area (Å²) in [6.45, 7) is 7.99. The number of carbonyl (C=O) groups is 3. The number of amides is 3. The van der Waals surface area contributed by atoms with E-state index in [9.17, 15) is 14.4 Å². The highest BCUT2D eigenvalue weighted by molar-refractivity contribution is 5.95. The van der Waals surface area contributed by atoms with Crippen molar-refractivity contribution in [2.75, 3.05) is 5.32 Å². The minimum Gasteiger partial charge on any atom is -0.307 e. The molecule has 0 unspecified atom stereocenters. The average Bonchev–Trinajstić information content (AvgIpc) is 3.47. The molecule has 3 amide bonds. The Kier molecular flexibility index (Phi) is 5.73. The molecule has 3 rings (SSSR count). The predicted molar refractivity (Wildman–Crippen MR) is 113 cm³/mol. The molecule has 0 aromatic heterocycles. The highest BCUT2D eigenvalue weighted by atomic mass is 16.2. The van der Waals surface area contributed by atoms with E-state index >= 15 is 0 Å². The van der Waals surface area contributed by atoms with Gasteiger partial charge < -0.3 is 5.32 Å². The van der Waals surface area contributed by atoms with Crippen molar-refractivity contribution in [1.82, 2.24) is 10.9 Å². The minimum absolute atomic E-state index is 0.0414. The summed E-state index contributed by atoms with van der Waals surface area (Å²) < 4.78 is 0. The maximum atomic E-state index is 12.3. The summed E-state index contributed by atoms with van der Waals surface area (Å²) in [6.07, 6.45) is 0.774. The van der Waals surface area contributed by atoms with Crippen molar-refractivity contribution < 1.29 is 14.4 Å². The molecule has 0 saturated heterocycles. The van der Waals surface area contributed by atoms with Crippen molar-refractivity contribution >= 4 is 23.4 Å². The second-order valence-corrected chi connectivity index (χ2v) is 8.52. The van der Waals surface area contributed by atoms with E-state index in [1.54, 1.807) is 24.3 Å². The summed E-state index contributed by atoms with van der Waals surface area (Å²) in [5.74, 6) is -0.184. The van der Waals surface area contributed by atoms with E-state index in [-0.39, 0.29) is 28.9 Å². The molecular formula is C23H27N3O3. The van der Waals surface area contributed by atoms with Crippen LogP contribution in [0, 0.1) is 5.92 Å². The van der Waals surface area contributed by atoms with E-state index in [0.29, 0.717) is 11.3 Å². The second kappa shape index (κ2) is 8.07. The smallest absolute Gasteiger partial charge is 0.307 e. The number of ketones is 1. The Labute approximate surface area is 171 Å². The van der Waals surface area contributed by atoms with Crippen LogP contribution in [0.1, 0.15) is 61.5 Å². The van der Waals surface area contributed by atoms with E-state index < -0.39 is 6.03 Å². The zero-order valence-electron chi connectivity index (χ0n) is 17.2. The van der Waals surface area contributed by atoms with Gasteiger partial charge in [-0.25, -0.2) is 10.2 Å². The molecular weight excluding hydrogens is 366 g/mol. The molecule has 0 aliphatic heterocycles. The van der Waals surface area contributed by atoms with Crippen LogP contribution in [-0.2, 0) is 10.2 Å². The first kappa shape index (κ1) is 20.6.